The highest BCUT2D eigenvalue weighted by Crippen LogP contribution is 2.23. The van der Waals surface area contributed by atoms with Gasteiger partial charge in [0, 0.05) is 5.39 Å². The summed E-state index contributed by atoms with van der Waals surface area (Å²) in [5.41, 5.74) is 2.23. The van der Waals surface area contributed by atoms with Crippen molar-refractivity contribution in [2.75, 3.05) is 0 Å². The van der Waals surface area contributed by atoms with Gasteiger partial charge in [-0.05, 0) is 24.6 Å². The predicted molar refractivity (Wildman–Crippen MR) is 56.2 cm³/mol. The molecule has 1 aromatic carbocycles. The highest BCUT2D eigenvalue weighted by Gasteiger charge is 2.03. The zero-order chi connectivity index (χ0) is 10.1. The number of rotatable bonds is 0. The number of pyridine rings is 1. The third kappa shape index (κ3) is 1.43. The second-order valence-electron chi connectivity index (χ2n) is 3.12. The summed E-state index contributed by atoms with van der Waals surface area (Å²) >= 11 is 6.00. The molecule has 0 aliphatic rings. The van der Waals surface area contributed by atoms with Crippen LogP contribution in [0.2, 0.25) is 5.02 Å². The van der Waals surface area contributed by atoms with E-state index in [1.165, 1.54) is 0 Å². The minimum absolute atomic E-state index is 0.355. The van der Waals surface area contributed by atoms with Crippen LogP contribution in [0.25, 0.3) is 10.9 Å². The average Bonchev–Trinajstić information content (AvgIpc) is 2.16. The number of aryl methyl sites for hydroxylation is 1. The zero-order valence-electron chi connectivity index (χ0n) is 7.58. The lowest BCUT2D eigenvalue weighted by atomic mass is 10.1. The topological polar surface area (TPSA) is 36.7 Å². The van der Waals surface area contributed by atoms with Crippen LogP contribution in [0.3, 0.4) is 0 Å². The van der Waals surface area contributed by atoms with Crippen molar-refractivity contribution in [3.8, 4) is 6.07 Å². The molecule has 2 nitrogen and oxygen atoms in total. The van der Waals surface area contributed by atoms with Gasteiger partial charge in [-0.15, -0.1) is 0 Å². The van der Waals surface area contributed by atoms with Crippen molar-refractivity contribution >= 4 is 22.5 Å². The van der Waals surface area contributed by atoms with Crippen LogP contribution in [-0.2, 0) is 0 Å². The van der Waals surface area contributed by atoms with Gasteiger partial charge in [-0.1, -0.05) is 23.7 Å². The summed E-state index contributed by atoms with van der Waals surface area (Å²) in [6.45, 7) is 1.98. The lowest BCUT2D eigenvalue weighted by Crippen LogP contribution is -1.86. The molecule has 14 heavy (non-hydrogen) atoms. The summed E-state index contributed by atoms with van der Waals surface area (Å²) in [5.74, 6) is 0. The van der Waals surface area contributed by atoms with Gasteiger partial charge >= 0.3 is 0 Å². The lowest BCUT2D eigenvalue weighted by Gasteiger charge is -2.01. The Balaban J connectivity index is 2.85. The summed E-state index contributed by atoms with van der Waals surface area (Å²) in [4.78, 5) is 4.17. The van der Waals surface area contributed by atoms with Crippen molar-refractivity contribution in [3.05, 3.63) is 40.5 Å². The fraction of sp³-hybridized carbons (Fsp3) is 0.0909. The Morgan fingerprint density at radius 1 is 1.36 bits per heavy atom. The van der Waals surface area contributed by atoms with E-state index in [0.717, 1.165) is 16.5 Å². The molecule has 68 valence electrons. The molecule has 3 heteroatoms. The second kappa shape index (κ2) is 3.28. The molecule has 0 atom stereocenters. The second-order valence-corrected chi connectivity index (χ2v) is 3.53. The van der Waals surface area contributed by atoms with E-state index in [2.05, 4.69) is 4.98 Å². The molecule has 0 fully saturated rings. The maximum atomic E-state index is 8.72. The van der Waals surface area contributed by atoms with Crippen LogP contribution >= 0.6 is 11.6 Å². The summed E-state index contributed by atoms with van der Waals surface area (Å²) in [7, 11) is 0. The van der Waals surface area contributed by atoms with Gasteiger partial charge in [0.2, 0.25) is 0 Å². The van der Waals surface area contributed by atoms with E-state index in [9.17, 15) is 0 Å². The van der Waals surface area contributed by atoms with Crippen LogP contribution in [-0.4, -0.2) is 4.98 Å². The van der Waals surface area contributed by atoms with Crippen molar-refractivity contribution < 1.29 is 0 Å². The van der Waals surface area contributed by atoms with Crippen molar-refractivity contribution in [2.24, 2.45) is 0 Å². The fourth-order valence-corrected chi connectivity index (χ4v) is 1.62. The SMILES string of the molecule is Cc1ccc2c(Cl)cc(C#N)nc2c1. The van der Waals surface area contributed by atoms with E-state index in [0.29, 0.717) is 10.7 Å². The van der Waals surface area contributed by atoms with Crippen molar-refractivity contribution in [1.29, 1.82) is 5.26 Å². The molecule has 0 spiro atoms. The standard InChI is InChI=1S/C11H7ClN2/c1-7-2-3-9-10(12)5-8(6-13)14-11(9)4-7/h2-5H,1H3. The van der Waals surface area contributed by atoms with Gasteiger partial charge in [-0.3, -0.25) is 0 Å². The fourth-order valence-electron chi connectivity index (χ4n) is 1.35. The van der Waals surface area contributed by atoms with E-state index in [1.54, 1.807) is 6.07 Å². The van der Waals surface area contributed by atoms with Gasteiger partial charge in [-0.2, -0.15) is 5.26 Å². The molecule has 2 aromatic rings. The predicted octanol–water partition coefficient (Wildman–Crippen LogP) is 3.07. The Bertz CT molecular complexity index is 541. The number of fused-ring (bicyclic) bond motifs is 1. The molecule has 1 aromatic heterocycles. The Kier molecular flexibility index (Phi) is 2.11. The Labute approximate surface area is 86.8 Å². The van der Waals surface area contributed by atoms with Crippen molar-refractivity contribution in [1.82, 2.24) is 4.98 Å². The van der Waals surface area contributed by atoms with E-state index in [1.807, 2.05) is 31.2 Å². The van der Waals surface area contributed by atoms with Crippen molar-refractivity contribution in [3.63, 3.8) is 0 Å². The molecule has 0 aliphatic carbocycles. The average molecular weight is 203 g/mol. The molecule has 0 unspecified atom stereocenters. The maximum absolute atomic E-state index is 8.72. The Morgan fingerprint density at radius 3 is 2.86 bits per heavy atom. The third-order valence-corrected chi connectivity index (χ3v) is 2.34. The Morgan fingerprint density at radius 2 is 2.14 bits per heavy atom. The number of benzene rings is 1. The summed E-state index contributed by atoms with van der Waals surface area (Å²) in [5, 5.41) is 10.2. The molecule has 1 heterocycles. The highest BCUT2D eigenvalue weighted by molar-refractivity contribution is 6.35. The molecule has 0 radical (unpaired) electrons. The molecule has 0 saturated carbocycles. The quantitative estimate of drug-likeness (QED) is 0.658. The van der Waals surface area contributed by atoms with Crippen LogP contribution in [0, 0.1) is 18.3 Å². The summed E-state index contributed by atoms with van der Waals surface area (Å²) < 4.78 is 0. The minimum atomic E-state index is 0.355. The summed E-state index contributed by atoms with van der Waals surface area (Å²) in [6.07, 6.45) is 0. The van der Waals surface area contributed by atoms with E-state index >= 15 is 0 Å². The van der Waals surface area contributed by atoms with Crippen LogP contribution in [0.1, 0.15) is 11.3 Å². The monoisotopic (exact) mass is 202 g/mol. The zero-order valence-corrected chi connectivity index (χ0v) is 8.34. The maximum Gasteiger partial charge on any atom is 0.142 e. The van der Waals surface area contributed by atoms with Gasteiger partial charge < -0.3 is 0 Å². The number of nitrogens with zero attached hydrogens (tertiary/aromatic N) is 2. The molecular weight excluding hydrogens is 196 g/mol. The number of aromatic nitrogens is 1. The van der Waals surface area contributed by atoms with Crippen LogP contribution < -0.4 is 0 Å². The van der Waals surface area contributed by atoms with E-state index in [4.69, 9.17) is 16.9 Å². The molecule has 0 N–H and O–H groups in total. The first-order valence-corrected chi connectivity index (χ1v) is 4.55. The minimum Gasteiger partial charge on any atom is -0.237 e. The van der Waals surface area contributed by atoms with Gasteiger partial charge in [0.15, 0.2) is 0 Å². The van der Waals surface area contributed by atoms with Gasteiger partial charge in [0.25, 0.3) is 0 Å². The first kappa shape index (κ1) is 8.98. The molecule has 0 aliphatic heterocycles. The lowest BCUT2D eigenvalue weighted by molar-refractivity contribution is 1.32. The van der Waals surface area contributed by atoms with Crippen LogP contribution in [0.15, 0.2) is 24.3 Å². The molecule has 0 saturated heterocycles. The third-order valence-electron chi connectivity index (χ3n) is 2.03. The number of hydrogen-bond acceptors (Lipinski definition) is 2. The molecular formula is C11H7ClN2. The van der Waals surface area contributed by atoms with Crippen LogP contribution in [0.5, 0.6) is 0 Å². The molecule has 0 bridgehead atoms. The highest BCUT2D eigenvalue weighted by atomic mass is 35.5. The normalized spacial score (nSPS) is 10.1. The van der Waals surface area contributed by atoms with Crippen LogP contribution in [0.4, 0.5) is 0 Å². The first-order valence-electron chi connectivity index (χ1n) is 4.18. The number of nitriles is 1. The number of hydrogen-bond donors (Lipinski definition) is 0. The number of halogens is 1. The van der Waals surface area contributed by atoms with Crippen molar-refractivity contribution in [2.45, 2.75) is 6.92 Å². The smallest absolute Gasteiger partial charge is 0.142 e. The van der Waals surface area contributed by atoms with Gasteiger partial charge in [-0.25, -0.2) is 4.98 Å². The molecule has 2 rings (SSSR count). The van der Waals surface area contributed by atoms with Gasteiger partial charge in [0.05, 0.1) is 10.5 Å². The van der Waals surface area contributed by atoms with E-state index < -0.39 is 0 Å². The largest absolute Gasteiger partial charge is 0.237 e. The first-order chi connectivity index (χ1) is 6.70. The Hall–Kier alpha value is -1.59. The van der Waals surface area contributed by atoms with E-state index in [-0.39, 0.29) is 0 Å². The molecule has 0 amide bonds. The van der Waals surface area contributed by atoms with Gasteiger partial charge in [0.1, 0.15) is 11.8 Å². The summed E-state index contributed by atoms with van der Waals surface area (Å²) in [6, 6.07) is 9.38.